The first kappa shape index (κ1) is 20.4. The molecule has 3 rings (SSSR count). The van der Waals surface area contributed by atoms with Gasteiger partial charge in [0.05, 0.1) is 5.75 Å². The van der Waals surface area contributed by atoms with Gasteiger partial charge in [0, 0.05) is 18.9 Å². The second-order valence-corrected chi connectivity index (χ2v) is 9.71. The van der Waals surface area contributed by atoms with Gasteiger partial charge in [0.25, 0.3) is 5.95 Å². The van der Waals surface area contributed by atoms with Crippen LogP contribution in [-0.4, -0.2) is 42.7 Å². The Bertz CT molecular complexity index is 620. The van der Waals surface area contributed by atoms with Crippen LogP contribution in [0.15, 0.2) is 4.52 Å². The highest BCUT2D eigenvalue weighted by Crippen LogP contribution is 2.50. The minimum atomic E-state index is -2.88. The molecular formula is C17H30N4O5S. The number of hydroxylamine groups is 1. The van der Waals surface area contributed by atoms with E-state index in [1.165, 1.54) is 36.4 Å². The summed E-state index contributed by atoms with van der Waals surface area (Å²) in [5, 5.41) is 12.8. The van der Waals surface area contributed by atoms with E-state index in [0.717, 1.165) is 18.8 Å². The Morgan fingerprint density at radius 2 is 2.07 bits per heavy atom. The van der Waals surface area contributed by atoms with Crippen molar-refractivity contribution in [3.63, 3.8) is 0 Å². The highest BCUT2D eigenvalue weighted by atomic mass is 32.3. The Kier molecular flexibility index (Phi) is 6.96. The molecule has 1 saturated heterocycles. The molecule has 2 heterocycles. The van der Waals surface area contributed by atoms with E-state index in [4.69, 9.17) is 9.73 Å². The normalized spacial score (nSPS) is 22.6. The third-order valence-corrected chi connectivity index (χ3v) is 7.47. The Balaban J connectivity index is 1.62. The molecule has 1 aliphatic carbocycles. The van der Waals surface area contributed by atoms with Gasteiger partial charge in [-0.15, -0.1) is 10.8 Å². The van der Waals surface area contributed by atoms with Crippen LogP contribution in [0.25, 0.3) is 0 Å². The lowest BCUT2D eigenvalue weighted by molar-refractivity contribution is -0.129. The zero-order chi connectivity index (χ0) is 19.3. The van der Waals surface area contributed by atoms with Crippen molar-refractivity contribution in [1.82, 2.24) is 15.6 Å². The minimum absolute atomic E-state index is 0.0546. The molecule has 1 aromatic rings. The highest BCUT2D eigenvalue weighted by molar-refractivity contribution is 8.25. The number of hydrogen-bond acceptors (Lipinski definition) is 8. The SMILES string of the molecule is O=C(C[C@@H](CCCC1CCCCC1)c1nc(N2CCCS2(O)O)no1)NO. The Morgan fingerprint density at radius 3 is 2.74 bits per heavy atom. The van der Waals surface area contributed by atoms with Gasteiger partial charge in [-0.05, 0) is 23.9 Å². The van der Waals surface area contributed by atoms with E-state index in [1.54, 1.807) is 5.48 Å². The first-order chi connectivity index (χ1) is 13.0. The number of carbonyl (C=O) groups excluding carboxylic acids is 1. The standard InChI is InChI=1S/C17H30N4O5S/c22-15(19-23)12-14(9-4-8-13-6-2-1-3-7-13)16-18-17(20-26-16)21-10-5-11-27(21,24)25/h13-14,23-25H,1-12H2,(H,19,22)/t14-/m1/s1. The fourth-order valence-electron chi connectivity index (χ4n) is 4.09. The summed E-state index contributed by atoms with van der Waals surface area (Å²) < 4.78 is 26.9. The van der Waals surface area contributed by atoms with Crippen molar-refractivity contribution in [2.45, 2.75) is 70.1 Å². The third-order valence-electron chi connectivity index (χ3n) is 5.58. The number of aromatic nitrogens is 2. The van der Waals surface area contributed by atoms with E-state index in [1.807, 2.05) is 0 Å². The lowest BCUT2D eigenvalue weighted by atomic mass is 9.84. The maximum Gasteiger partial charge on any atom is 0.284 e. The highest BCUT2D eigenvalue weighted by Gasteiger charge is 2.33. The Morgan fingerprint density at radius 1 is 1.30 bits per heavy atom. The second-order valence-electron chi connectivity index (χ2n) is 7.60. The quantitative estimate of drug-likeness (QED) is 0.382. The van der Waals surface area contributed by atoms with Crippen molar-refractivity contribution in [2.75, 3.05) is 16.6 Å². The molecule has 1 amide bonds. The molecule has 27 heavy (non-hydrogen) atoms. The predicted octanol–water partition coefficient (Wildman–Crippen LogP) is 3.68. The summed E-state index contributed by atoms with van der Waals surface area (Å²) in [7, 11) is -2.88. The Hall–Kier alpha value is -1.36. The van der Waals surface area contributed by atoms with Crippen LogP contribution in [0.5, 0.6) is 0 Å². The van der Waals surface area contributed by atoms with Crippen molar-refractivity contribution >= 4 is 22.6 Å². The van der Waals surface area contributed by atoms with Crippen LogP contribution in [-0.2, 0) is 4.79 Å². The van der Waals surface area contributed by atoms with Gasteiger partial charge in [-0.3, -0.25) is 19.1 Å². The molecule has 0 radical (unpaired) electrons. The number of nitrogens with zero attached hydrogens (tertiary/aromatic N) is 3. The first-order valence-electron chi connectivity index (χ1n) is 9.79. The molecule has 0 spiro atoms. The summed E-state index contributed by atoms with van der Waals surface area (Å²) in [6.45, 7) is 0.463. The zero-order valence-corrected chi connectivity index (χ0v) is 16.4. The summed E-state index contributed by atoms with van der Waals surface area (Å²) in [4.78, 5) is 16.0. The average Bonchev–Trinajstić information content (AvgIpc) is 3.27. The molecule has 4 N–H and O–H groups in total. The lowest BCUT2D eigenvalue weighted by Gasteiger charge is -2.35. The maximum atomic E-state index is 11.7. The van der Waals surface area contributed by atoms with E-state index in [9.17, 15) is 13.9 Å². The molecule has 1 saturated carbocycles. The van der Waals surface area contributed by atoms with Crippen LogP contribution in [0.3, 0.4) is 0 Å². The molecule has 0 unspecified atom stereocenters. The van der Waals surface area contributed by atoms with Gasteiger partial charge in [0.15, 0.2) is 0 Å². The average molecular weight is 403 g/mol. The van der Waals surface area contributed by atoms with Crippen LogP contribution < -0.4 is 9.79 Å². The first-order valence-corrected chi connectivity index (χ1v) is 11.5. The van der Waals surface area contributed by atoms with Gasteiger partial charge in [-0.1, -0.05) is 44.9 Å². The molecule has 2 aliphatic rings. The molecule has 9 nitrogen and oxygen atoms in total. The molecule has 154 valence electrons. The van der Waals surface area contributed by atoms with Crippen LogP contribution in [0, 0.1) is 5.92 Å². The van der Waals surface area contributed by atoms with Gasteiger partial charge in [-0.2, -0.15) is 4.98 Å². The number of carbonyl (C=O) groups is 1. The van der Waals surface area contributed by atoms with Gasteiger partial charge in [0.1, 0.15) is 0 Å². The van der Waals surface area contributed by atoms with Crippen molar-refractivity contribution in [3.8, 4) is 0 Å². The van der Waals surface area contributed by atoms with Crippen LogP contribution in [0.2, 0.25) is 0 Å². The topological polar surface area (TPSA) is 132 Å². The van der Waals surface area contributed by atoms with Crippen molar-refractivity contribution < 1.29 is 23.6 Å². The molecule has 0 aromatic carbocycles. The fraction of sp³-hybridized carbons (Fsp3) is 0.824. The van der Waals surface area contributed by atoms with E-state index >= 15 is 0 Å². The predicted molar refractivity (Wildman–Crippen MR) is 102 cm³/mol. The summed E-state index contributed by atoms with van der Waals surface area (Å²) in [6, 6.07) is 0. The second kappa shape index (κ2) is 9.22. The maximum absolute atomic E-state index is 11.7. The number of nitrogens with one attached hydrogen (secondary N) is 1. The monoisotopic (exact) mass is 402 g/mol. The van der Waals surface area contributed by atoms with Crippen LogP contribution >= 0.6 is 10.8 Å². The van der Waals surface area contributed by atoms with Crippen molar-refractivity contribution in [2.24, 2.45) is 5.92 Å². The molecule has 1 atom stereocenters. The minimum Gasteiger partial charge on any atom is -0.337 e. The molecule has 0 bridgehead atoms. The van der Waals surface area contributed by atoms with Crippen LogP contribution in [0.1, 0.15) is 76.0 Å². The summed E-state index contributed by atoms with van der Waals surface area (Å²) >= 11 is 0. The smallest absolute Gasteiger partial charge is 0.284 e. The van der Waals surface area contributed by atoms with Gasteiger partial charge < -0.3 is 4.52 Å². The number of anilines is 1. The van der Waals surface area contributed by atoms with E-state index in [2.05, 4.69) is 10.1 Å². The molecule has 1 aliphatic heterocycles. The van der Waals surface area contributed by atoms with E-state index in [0.29, 0.717) is 31.0 Å². The van der Waals surface area contributed by atoms with Crippen LogP contribution in [0.4, 0.5) is 5.95 Å². The third kappa shape index (κ3) is 5.34. The van der Waals surface area contributed by atoms with E-state index < -0.39 is 16.7 Å². The summed E-state index contributed by atoms with van der Waals surface area (Å²) in [5.41, 5.74) is 1.66. The molecule has 2 fully saturated rings. The van der Waals surface area contributed by atoms with Crippen molar-refractivity contribution in [3.05, 3.63) is 5.89 Å². The number of rotatable bonds is 8. The molecular weight excluding hydrogens is 372 g/mol. The van der Waals surface area contributed by atoms with Gasteiger partial charge in [-0.25, -0.2) is 9.79 Å². The van der Waals surface area contributed by atoms with Crippen molar-refractivity contribution in [1.29, 1.82) is 0 Å². The molecule has 1 aromatic heterocycles. The zero-order valence-electron chi connectivity index (χ0n) is 15.5. The number of hydrogen-bond donors (Lipinski definition) is 4. The largest absolute Gasteiger partial charge is 0.337 e. The summed E-state index contributed by atoms with van der Waals surface area (Å²) in [6.07, 6.45) is 9.97. The Labute approximate surface area is 160 Å². The van der Waals surface area contributed by atoms with E-state index in [-0.39, 0.29) is 18.3 Å². The fourth-order valence-corrected chi connectivity index (χ4v) is 5.59. The van der Waals surface area contributed by atoms with Gasteiger partial charge >= 0.3 is 0 Å². The summed E-state index contributed by atoms with van der Waals surface area (Å²) in [5.74, 6) is 0.717. The van der Waals surface area contributed by atoms with Gasteiger partial charge in [0.2, 0.25) is 11.8 Å². The number of amides is 1. The molecule has 10 heteroatoms. The lowest BCUT2D eigenvalue weighted by Crippen LogP contribution is -2.23.